The molecule has 2 saturated carbocycles. The van der Waals surface area contributed by atoms with E-state index in [-0.39, 0.29) is 0 Å². The zero-order chi connectivity index (χ0) is 17.6. The summed E-state index contributed by atoms with van der Waals surface area (Å²) < 4.78 is 0. The van der Waals surface area contributed by atoms with Crippen LogP contribution in [0.4, 0.5) is 11.4 Å². The molecule has 0 saturated heterocycles. The number of hydrogen-bond acceptors (Lipinski definition) is 4. The molecule has 2 fully saturated rings. The van der Waals surface area contributed by atoms with Crippen LogP contribution in [0.5, 0.6) is 0 Å². The van der Waals surface area contributed by atoms with Gasteiger partial charge < -0.3 is 0 Å². The molecule has 2 aliphatic rings. The Kier molecular flexibility index (Phi) is 5.29. The fourth-order valence-corrected chi connectivity index (χ4v) is 4.15. The summed E-state index contributed by atoms with van der Waals surface area (Å²) in [6, 6.07) is 20.4. The van der Waals surface area contributed by atoms with Crippen LogP contribution in [-0.4, -0.2) is 11.4 Å². The Bertz CT molecular complexity index is 700. The Morgan fingerprint density at radius 3 is 1.46 bits per heavy atom. The van der Waals surface area contributed by atoms with Crippen LogP contribution in [0.1, 0.15) is 38.5 Å². The van der Waals surface area contributed by atoms with Gasteiger partial charge in [0.15, 0.2) is 0 Å². The molecule has 2 aromatic carbocycles. The van der Waals surface area contributed by atoms with Gasteiger partial charge >= 0.3 is 0 Å². The highest BCUT2D eigenvalue weighted by molar-refractivity contribution is 5.97. The first-order valence-corrected chi connectivity index (χ1v) is 9.65. The lowest BCUT2D eigenvalue weighted by atomic mass is 9.69. The van der Waals surface area contributed by atoms with Crippen molar-refractivity contribution in [2.75, 3.05) is 10.9 Å². The van der Waals surface area contributed by atoms with Gasteiger partial charge in [-0.3, -0.25) is 10.9 Å². The van der Waals surface area contributed by atoms with Crippen LogP contribution >= 0.6 is 0 Å². The first-order valence-electron chi connectivity index (χ1n) is 9.65. The van der Waals surface area contributed by atoms with Crippen molar-refractivity contribution in [3.63, 3.8) is 0 Å². The highest BCUT2D eigenvalue weighted by Gasteiger charge is 2.36. The van der Waals surface area contributed by atoms with Crippen LogP contribution in [0, 0.1) is 11.8 Å². The summed E-state index contributed by atoms with van der Waals surface area (Å²) in [5, 5.41) is 9.56. The van der Waals surface area contributed by atoms with Crippen LogP contribution < -0.4 is 10.9 Å². The number of anilines is 2. The van der Waals surface area contributed by atoms with Gasteiger partial charge in [0.1, 0.15) is 0 Å². The molecule has 0 bridgehead atoms. The molecule has 2 N–H and O–H groups in total. The second kappa shape index (κ2) is 8.17. The van der Waals surface area contributed by atoms with E-state index in [4.69, 9.17) is 10.2 Å². The lowest BCUT2D eigenvalue weighted by Crippen LogP contribution is -2.37. The summed E-state index contributed by atoms with van der Waals surface area (Å²) in [4.78, 5) is 0. The van der Waals surface area contributed by atoms with Gasteiger partial charge in [-0.2, -0.15) is 10.2 Å². The minimum Gasteiger partial charge on any atom is -0.279 e. The molecule has 0 spiro atoms. The summed E-state index contributed by atoms with van der Waals surface area (Å²) in [7, 11) is 0. The lowest BCUT2D eigenvalue weighted by molar-refractivity contribution is 0.385. The number of hydrogen-bond donors (Lipinski definition) is 2. The smallest absolute Gasteiger partial charge is 0.0561 e. The molecule has 26 heavy (non-hydrogen) atoms. The van der Waals surface area contributed by atoms with E-state index in [0.29, 0.717) is 11.8 Å². The Labute approximate surface area is 155 Å². The number of hydrazone groups is 2. The van der Waals surface area contributed by atoms with E-state index in [1.54, 1.807) is 0 Å². The number of nitrogens with zero attached hydrogens (tertiary/aromatic N) is 2. The van der Waals surface area contributed by atoms with Gasteiger partial charge in [0.05, 0.1) is 11.4 Å². The first-order chi connectivity index (χ1) is 12.9. The summed E-state index contributed by atoms with van der Waals surface area (Å²) in [5.74, 6) is 1.06. The number of fused-ring (bicyclic) bond motifs is 1. The number of para-hydroxylation sites is 2. The minimum atomic E-state index is 0.532. The van der Waals surface area contributed by atoms with Crippen LogP contribution in [0.25, 0.3) is 0 Å². The molecule has 4 rings (SSSR count). The topological polar surface area (TPSA) is 48.8 Å². The molecule has 2 aromatic rings. The Morgan fingerprint density at radius 1 is 0.615 bits per heavy atom. The molecule has 0 aliphatic heterocycles. The minimum absolute atomic E-state index is 0.532. The highest BCUT2D eigenvalue weighted by atomic mass is 15.3. The molecule has 134 valence electrons. The molecule has 4 heteroatoms. The predicted molar refractivity (Wildman–Crippen MR) is 110 cm³/mol. The van der Waals surface area contributed by atoms with Crippen molar-refractivity contribution in [1.29, 1.82) is 0 Å². The van der Waals surface area contributed by atoms with Gasteiger partial charge in [0, 0.05) is 23.3 Å². The van der Waals surface area contributed by atoms with E-state index in [9.17, 15) is 0 Å². The molecular formula is C22H26N4. The third-order valence-electron chi connectivity index (χ3n) is 5.44. The number of benzene rings is 2. The Balaban J connectivity index is 1.48. The third kappa shape index (κ3) is 3.96. The quantitative estimate of drug-likeness (QED) is 0.716. The van der Waals surface area contributed by atoms with E-state index in [2.05, 4.69) is 35.1 Å². The molecule has 0 radical (unpaired) electrons. The van der Waals surface area contributed by atoms with Gasteiger partial charge in [-0.25, -0.2) is 0 Å². The van der Waals surface area contributed by atoms with Crippen molar-refractivity contribution >= 4 is 22.8 Å². The molecule has 0 amide bonds. The fourth-order valence-electron chi connectivity index (χ4n) is 4.15. The molecule has 0 aromatic heterocycles. The van der Waals surface area contributed by atoms with Crippen molar-refractivity contribution in [1.82, 2.24) is 0 Å². The summed E-state index contributed by atoms with van der Waals surface area (Å²) in [5.41, 5.74) is 11.2. The third-order valence-corrected chi connectivity index (χ3v) is 5.44. The van der Waals surface area contributed by atoms with E-state index < -0.39 is 0 Å². The standard InChI is InChI=1S/C22H26N4/c1-3-9-17(10-4-1)23-25-21-15-7-14-20-19(21)13-8-16-22(20)26-24-18-11-5-2-6-12-18/h1-6,9-12,19-20,23-24H,7-8,13-16H2/b25-21-,26-22-/t19-,20+. The molecule has 0 heterocycles. The first kappa shape index (κ1) is 16.8. The number of rotatable bonds is 4. The van der Waals surface area contributed by atoms with Crippen molar-refractivity contribution in [2.24, 2.45) is 22.0 Å². The van der Waals surface area contributed by atoms with Crippen LogP contribution in [0.3, 0.4) is 0 Å². The lowest BCUT2D eigenvalue weighted by Gasteiger charge is -2.37. The zero-order valence-corrected chi connectivity index (χ0v) is 15.1. The van der Waals surface area contributed by atoms with Crippen molar-refractivity contribution < 1.29 is 0 Å². The van der Waals surface area contributed by atoms with Crippen LogP contribution in [0.15, 0.2) is 70.9 Å². The molecule has 4 nitrogen and oxygen atoms in total. The Morgan fingerprint density at radius 2 is 1.04 bits per heavy atom. The van der Waals surface area contributed by atoms with E-state index >= 15 is 0 Å². The van der Waals surface area contributed by atoms with Gasteiger partial charge in [-0.15, -0.1) is 0 Å². The van der Waals surface area contributed by atoms with E-state index in [1.165, 1.54) is 37.1 Å². The van der Waals surface area contributed by atoms with Crippen LogP contribution in [0.2, 0.25) is 0 Å². The average Bonchev–Trinajstić information content (AvgIpc) is 2.72. The maximum Gasteiger partial charge on any atom is 0.0561 e. The van der Waals surface area contributed by atoms with Gasteiger partial charge in [0.25, 0.3) is 0 Å². The van der Waals surface area contributed by atoms with E-state index in [1.807, 2.05) is 36.4 Å². The monoisotopic (exact) mass is 346 g/mol. The Hall–Kier alpha value is -2.62. The summed E-state index contributed by atoms with van der Waals surface area (Å²) in [6.07, 6.45) is 7.04. The van der Waals surface area contributed by atoms with Gasteiger partial charge in [0.2, 0.25) is 0 Å². The van der Waals surface area contributed by atoms with Crippen LogP contribution in [-0.2, 0) is 0 Å². The van der Waals surface area contributed by atoms with Crippen molar-refractivity contribution in [3.8, 4) is 0 Å². The average molecular weight is 346 g/mol. The van der Waals surface area contributed by atoms with Crippen molar-refractivity contribution in [3.05, 3.63) is 60.7 Å². The maximum absolute atomic E-state index is 4.78. The summed E-state index contributed by atoms with van der Waals surface area (Å²) >= 11 is 0. The zero-order valence-electron chi connectivity index (χ0n) is 15.1. The molecule has 0 unspecified atom stereocenters. The second-order valence-corrected chi connectivity index (χ2v) is 7.16. The molecule has 2 aliphatic carbocycles. The molecule has 2 atom stereocenters. The van der Waals surface area contributed by atoms with E-state index in [0.717, 1.165) is 24.2 Å². The highest BCUT2D eigenvalue weighted by Crippen LogP contribution is 2.38. The SMILES string of the molecule is c1ccc(N/N=C2/CCC[C@H]3/C(=N\Nc4ccccc4)CCC[C@H]23)cc1. The normalized spacial score (nSPS) is 25.7. The van der Waals surface area contributed by atoms with Gasteiger partial charge in [-0.05, 0) is 62.8 Å². The van der Waals surface area contributed by atoms with Crippen molar-refractivity contribution in [2.45, 2.75) is 38.5 Å². The fraction of sp³-hybridized carbons (Fsp3) is 0.364. The van der Waals surface area contributed by atoms with Gasteiger partial charge in [-0.1, -0.05) is 36.4 Å². The second-order valence-electron chi connectivity index (χ2n) is 7.16. The summed E-state index contributed by atoms with van der Waals surface area (Å²) in [6.45, 7) is 0. The molecular weight excluding hydrogens is 320 g/mol. The largest absolute Gasteiger partial charge is 0.279 e. The predicted octanol–water partition coefficient (Wildman–Crippen LogP) is 5.52. The number of nitrogens with one attached hydrogen (secondary N) is 2. The maximum atomic E-state index is 4.78.